The summed E-state index contributed by atoms with van der Waals surface area (Å²) in [6.07, 6.45) is 0.970. The molecule has 2 aromatic carbocycles. The number of benzene rings is 2. The van der Waals surface area contributed by atoms with Gasteiger partial charge in [0.25, 0.3) is 0 Å². The molecule has 0 saturated carbocycles. The lowest BCUT2D eigenvalue weighted by Crippen LogP contribution is -2.30. The molecule has 7 heteroatoms. The first kappa shape index (κ1) is 20.4. The maximum atomic E-state index is 11.9. The van der Waals surface area contributed by atoms with Gasteiger partial charge in [-0.2, -0.15) is 0 Å². The second-order valence-electron chi connectivity index (χ2n) is 7.32. The number of phenols is 1. The molecule has 1 aromatic heterocycles. The Hall–Kier alpha value is -2.90. The normalized spacial score (nSPS) is 15.0. The van der Waals surface area contributed by atoms with E-state index < -0.39 is 5.97 Å². The lowest BCUT2D eigenvalue weighted by atomic mass is 10.1. The minimum atomic E-state index is -0.398. The van der Waals surface area contributed by atoms with Gasteiger partial charge in [0.1, 0.15) is 10.8 Å². The molecule has 4 rings (SSSR count). The summed E-state index contributed by atoms with van der Waals surface area (Å²) < 4.78 is 4.81. The topological polar surface area (TPSA) is 65.9 Å². The van der Waals surface area contributed by atoms with Crippen LogP contribution in [0.2, 0.25) is 0 Å². The van der Waals surface area contributed by atoms with E-state index >= 15 is 0 Å². The third kappa shape index (κ3) is 4.63. The second-order valence-corrected chi connectivity index (χ2v) is 8.18. The van der Waals surface area contributed by atoms with E-state index in [1.807, 2.05) is 18.2 Å². The Balaban J connectivity index is 1.41. The van der Waals surface area contributed by atoms with E-state index in [-0.39, 0.29) is 5.75 Å². The van der Waals surface area contributed by atoms with E-state index in [0.717, 1.165) is 55.4 Å². The Morgan fingerprint density at radius 3 is 2.77 bits per heavy atom. The van der Waals surface area contributed by atoms with Crippen LogP contribution in [0.5, 0.6) is 5.75 Å². The van der Waals surface area contributed by atoms with Crippen molar-refractivity contribution in [3.05, 3.63) is 65.2 Å². The Labute approximate surface area is 180 Å². The summed E-state index contributed by atoms with van der Waals surface area (Å²) >= 11 is 1.68. The Morgan fingerprint density at radius 1 is 1.13 bits per heavy atom. The summed E-state index contributed by atoms with van der Waals surface area (Å²) in [5.74, 6) is -0.214. The van der Waals surface area contributed by atoms with Gasteiger partial charge in [-0.25, -0.2) is 9.78 Å². The molecule has 3 aromatic rings. The molecule has 1 aliphatic rings. The van der Waals surface area contributed by atoms with Gasteiger partial charge in [0.15, 0.2) is 0 Å². The third-order valence-electron chi connectivity index (χ3n) is 5.28. The number of carbonyl (C=O) groups excluding carboxylic acids is 1. The highest BCUT2D eigenvalue weighted by Gasteiger charge is 2.20. The second kappa shape index (κ2) is 9.28. The van der Waals surface area contributed by atoms with Crippen molar-refractivity contribution >= 4 is 23.0 Å². The molecule has 1 saturated heterocycles. The summed E-state index contributed by atoms with van der Waals surface area (Å²) in [6.45, 7) is 4.23. The summed E-state index contributed by atoms with van der Waals surface area (Å²) in [6, 6.07) is 15.1. The highest BCUT2D eigenvalue weighted by Crippen LogP contribution is 2.30. The number of hydrogen-bond acceptors (Lipinski definition) is 7. The standard InChI is InChI=1S/C23H25N3O3S/c1-29-23(28)18-8-9-21(27)20(14-18)26-11-5-10-25(12-13-26)15-19-16-30-22(24-19)17-6-3-2-4-7-17/h2-4,6-9,14,16,27H,5,10-13,15H2,1H3. The predicted molar refractivity (Wildman–Crippen MR) is 119 cm³/mol. The number of aromatic nitrogens is 1. The van der Waals surface area contributed by atoms with Gasteiger partial charge in [-0.15, -0.1) is 11.3 Å². The van der Waals surface area contributed by atoms with Gasteiger partial charge in [0.05, 0.1) is 24.1 Å². The zero-order valence-electron chi connectivity index (χ0n) is 17.0. The van der Waals surface area contributed by atoms with Crippen LogP contribution in [0.25, 0.3) is 10.6 Å². The monoisotopic (exact) mass is 423 g/mol. The highest BCUT2D eigenvalue weighted by molar-refractivity contribution is 7.13. The molecule has 6 nitrogen and oxygen atoms in total. The number of nitrogens with zero attached hydrogens (tertiary/aromatic N) is 3. The van der Waals surface area contributed by atoms with Crippen LogP contribution in [-0.2, 0) is 11.3 Å². The van der Waals surface area contributed by atoms with Crippen LogP contribution in [0.1, 0.15) is 22.5 Å². The van der Waals surface area contributed by atoms with Crippen molar-refractivity contribution in [3.8, 4) is 16.3 Å². The molecule has 30 heavy (non-hydrogen) atoms. The molecule has 0 amide bonds. The Morgan fingerprint density at radius 2 is 1.97 bits per heavy atom. The summed E-state index contributed by atoms with van der Waals surface area (Å²) in [5.41, 5.74) is 3.36. The number of rotatable bonds is 5. The average Bonchev–Trinajstić information content (AvgIpc) is 3.12. The molecule has 1 aliphatic heterocycles. The molecular weight excluding hydrogens is 398 g/mol. The lowest BCUT2D eigenvalue weighted by molar-refractivity contribution is 0.0600. The van der Waals surface area contributed by atoms with Crippen molar-refractivity contribution in [2.75, 3.05) is 38.2 Å². The van der Waals surface area contributed by atoms with Crippen LogP contribution in [0.15, 0.2) is 53.9 Å². The van der Waals surface area contributed by atoms with E-state index in [9.17, 15) is 9.90 Å². The van der Waals surface area contributed by atoms with Crippen LogP contribution in [-0.4, -0.2) is 54.2 Å². The van der Waals surface area contributed by atoms with Gasteiger partial charge < -0.3 is 14.7 Å². The molecule has 2 heterocycles. The van der Waals surface area contributed by atoms with E-state index in [1.165, 1.54) is 7.11 Å². The third-order valence-corrected chi connectivity index (χ3v) is 6.22. The minimum absolute atomic E-state index is 0.183. The number of hydrogen-bond donors (Lipinski definition) is 1. The van der Waals surface area contributed by atoms with Crippen LogP contribution in [0.3, 0.4) is 0 Å². The number of ether oxygens (including phenoxy) is 1. The highest BCUT2D eigenvalue weighted by atomic mass is 32.1. The van der Waals surface area contributed by atoms with Crippen molar-refractivity contribution < 1.29 is 14.6 Å². The zero-order chi connectivity index (χ0) is 20.9. The Kier molecular flexibility index (Phi) is 6.30. The first-order valence-electron chi connectivity index (χ1n) is 10.0. The van der Waals surface area contributed by atoms with Crippen molar-refractivity contribution in [1.82, 2.24) is 9.88 Å². The van der Waals surface area contributed by atoms with Crippen LogP contribution >= 0.6 is 11.3 Å². The number of esters is 1. The molecule has 1 fully saturated rings. The summed E-state index contributed by atoms with van der Waals surface area (Å²) in [5, 5.41) is 13.5. The molecule has 0 radical (unpaired) electrons. The molecule has 0 atom stereocenters. The smallest absolute Gasteiger partial charge is 0.337 e. The van der Waals surface area contributed by atoms with Crippen LogP contribution in [0.4, 0.5) is 5.69 Å². The predicted octanol–water partition coefficient (Wildman–Crippen LogP) is 4.01. The summed E-state index contributed by atoms with van der Waals surface area (Å²) in [4.78, 5) is 21.2. The van der Waals surface area contributed by atoms with E-state index in [1.54, 1.807) is 29.5 Å². The lowest BCUT2D eigenvalue weighted by Gasteiger charge is -2.24. The number of aromatic hydroxyl groups is 1. The van der Waals surface area contributed by atoms with Crippen molar-refractivity contribution in [2.45, 2.75) is 13.0 Å². The quantitative estimate of drug-likeness (QED) is 0.626. The van der Waals surface area contributed by atoms with Gasteiger partial charge in [-0.3, -0.25) is 4.90 Å². The van der Waals surface area contributed by atoms with Gasteiger partial charge in [-0.05, 0) is 24.6 Å². The fourth-order valence-corrected chi connectivity index (χ4v) is 4.53. The number of carbonyl (C=O) groups is 1. The molecular formula is C23H25N3O3S. The van der Waals surface area contributed by atoms with Crippen molar-refractivity contribution in [1.29, 1.82) is 0 Å². The first-order valence-corrected chi connectivity index (χ1v) is 10.9. The van der Waals surface area contributed by atoms with Crippen molar-refractivity contribution in [3.63, 3.8) is 0 Å². The minimum Gasteiger partial charge on any atom is -0.506 e. The van der Waals surface area contributed by atoms with Crippen molar-refractivity contribution in [2.24, 2.45) is 0 Å². The number of methoxy groups -OCH3 is 1. The van der Waals surface area contributed by atoms with E-state index in [2.05, 4.69) is 27.3 Å². The molecule has 1 N–H and O–H groups in total. The zero-order valence-corrected chi connectivity index (χ0v) is 17.8. The molecule has 0 aliphatic carbocycles. The molecule has 0 unspecified atom stereocenters. The number of anilines is 1. The molecule has 0 bridgehead atoms. The fraction of sp³-hybridized carbons (Fsp3) is 0.304. The average molecular weight is 424 g/mol. The first-order chi connectivity index (χ1) is 14.6. The molecule has 0 spiro atoms. The maximum absolute atomic E-state index is 11.9. The maximum Gasteiger partial charge on any atom is 0.337 e. The van der Waals surface area contributed by atoms with E-state index in [4.69, 9.17) is 9.72 Å². The SMILES string of the molecule is COC(=O)c1ccc(O)c(N2CCCN(Cc3csc(-c4ccccc4)n3)CC2)c1. The number of thiazole rings is 1. The summed E-state index contributed by atoms with van der Waals surface area (Å²) in [7, 11) is 1.36. The molecule has 156 valence electrons. The van der Waals surface area contributed by atoms with Crippen LogP contribution < -0.4 is 4.90 Å². The van der Waals surface area contributed by atoms with Crippen LogP contribution in [0, 0.1) is 0 Å². The largest absolute Gasteiger partial charge is 0.506 e. The van der Waals surface area contributed by atoms with Gasteiger partial charge in [0, 0.05) is 43.7 Å². The van der Waals surface area contributed by atoms with Gasteiger partial charge in [0.2, 0.25) is 0 Å². The van der Waals surface area contributed by atoms with Gasteiger partial charge in [-0.1, -0.05) is 30.3 Å². The van der Waals surface area contributed by atoms with Gasteiger partial charge >= 0.3 is 5.97 Å². The number of phenolic OH excluding ortho intramolecular Hbond substituents is 1. The van der Waals surface area contributed by atoms with E-state index in [0.29, 0.717) is 11.3 Å². The fourth-order valence-electron chi connectivity index (χ4n) is 3.71. The Bertz CT molecular complexity index is 1010.